The van der Waals surface area contributed by atoms with Crippen LogP contribution in [0.15, 0.2) is 85.1 Å². The number of anilines is 1. The number of carbonyl (C=O) groups excluding carboxylic acids is 2. The maximum Gasteiger partial charge on any atom is 0.307 e. The van der Waals surface area contributed by atoms with Gasteiger partial charge >= 0.3 is 5.97 Å². The number of para-hydroxylation sites is 1. The number of fused-ring (bicyclic) bond motifs is 1. The van der Waals surface area contributed by atoms with Gasteiger partial charge in [0.15, 0.2) is 0 Å². The Hall–Kier alpha value is -3.93. The van der Waals surface area contributed by atoms with Gasteiger partial charge in [0.25, 0.3) is 5.91 Å². The van der Waals surface area contributed by atoms with Crippen molar-refractivity contribution in [3.8, 4) is 0 Å². The third kappa shape index (κ3) is 4.98. The van der Waals surface area contributed by atoms with Crippen molar-refractivity contribution in [1.29, 1.82) is 0 Å². The Bertz CT molecular complexity index is 1190. The molecule has 31 heavy (non-hydrogen) atoms. The summed E-state index contributed by atoms with van der Waals surface area (Å²) >= 11 is 0. The second-order valence-electron chi connectivity index (χ2n) is 7.14. The van der Waals surface area contributed by atoms with Crippen LogP contribution in [0.4, 0.5) is 10.1 Å². The van der Waals surface area contributed by atoms with E-state index in [9.17, 15) is 14.0 Å². The van der Waals surface area contributed by atoms with Gasteiger partial charge in [0.2, 0.25) is 6.10 Å². The van der Waals surface area contributed by atoms with Gasteiger partial charge in [-0.2, -0.15) is 0 Å². The van der Waals surface area contributed by atoms with Crippen LogP contribution in [0.1, 0.15) is 23.7 Å². The number of amides is 1. The first-order valence-corrected chi connectivity index (χ1v) is 9.96. The first-order chi connectivity index (χ1) is 15.1. The second-order valence-corrected chi connectivity index (χ2v) is 7.14. The van der Waals surface area contributed by atoms with Gasteiger partial charge in [0.05, 0.1) is 0 Å². The number of halogens is 1. The highest BCUT2D eigenvalue weighted by Crippen LogP contribution is 2.23. The lowest BCUT2D eigenvalue weighted by Gasteiger charge is -2.18. The number of H-pyrrole nitrogens is 1. The highest BCUT2D eigenvalue weighted by Gasteiger charge is 2.25. The largest absolute Gasteiger partial charge is 0.447 e. The molecule has 4 aromatic rings. The number of hydrogen-bond acceptors (Lipinski definition) is 3. The van der Waals surface area contributed by atoms with Crippen LogP contribution in [-0.2, 0) is 20.7 Å². The molecular weight excluding hydrogens is 395 g/mol. The maximum absolute atomic E-state index is 13.1. The molecule has 0 bridgehead atoms. The molecule has 2 N–H and O–H groups in total. The lowest BCUT2D eigenvalue weighted by Crippen LogP contribution is -2.26. The Balaban J connectivity index is 1.45. The summed E-state index contributed by atoms with van der Waals surface area (Å²) in [4.78, 5) is 28.6. The number of benzene rings is 3. The fourth-order valence-corrected chi connectivity index (χ4v) is 3.41. The Morgan fingerprint density at radius 3 is 2.42 bits per heavy atom. The minimum Gasteiger partial charge on any atom is -0.447 e. The summed E-state index contributed by atoms with van der Waals surface area (Å²) in [6, 6.07) is 22.1. The molecule has 0 saturated heterocycles. The number of aromatic nitrogens is 1. The van der Waals surface area contributed by atoms with Crippen molar-refractivity contribution in [1.82, 2.24) is 4.98 Å². The van der Waals surface area contributed by atoms with Gasteiger partial charge in [-0.15, -0.1) is 0 Å². The average molecular weight is 416 g/mol. The van der Waals surface area contributed by atoms with Crippen LogP contribution >= 0.6 is 0 Å². The molecule has 0 aliphatic rings. The molecule has 0 fully saturated rings. The fourth-order valence-electron chi connectivity index (χ4n) is 3.41. The summed E-state index contributed by atoms with van der Waals surface area (Å²) in [5, 5.41) is 3.74. The van der Waals surface area contributed by atoms with Crippen molar-refractivity contribution < 1.29 is 18.7 Å². The Morgan fingerprint density at radius 1 is 0.935 bits per heavy atom. The summed E-state index contributed by atoms with van der Waals surface area (Å²) in [5.41, 5.74) is 3.00. The zero-order valence-electron chi connectivity index (χ0n) is 16.7. The van der Waals surface area contributed by atoms with Crippen LogP contribution in [0.25, 0.3) is 10.9 Å². The number of ether oxygens (including phenoxy) is 1. The lowest BCUT2D eigenvalue weighted by atomic mass is 10.1. The van der Waals surface area contributed by atoms with Gasteiger partial charge in [-0.3, -0.25) is 9.59 Å². The average Bonchev–Trinajstić information content (AvgIpc) is 3.21. The molecular formula is C25H21FN2O3. The predicted octanol–water partition coefficient (Wildman–Crippen LogP) is 5.16. The maximum atomic E-state index is 13.1. The number of nitrogens with one attached hydrogen (secondary N) is 2. The first-order valence-electron chi connectivity index (χ1n) is 9.96. The summed E-state index contributed by atoms with van der Waals surface area (Å²) in [5.74, 6) is -1.38. The van der Waals surface area contributed by atoms with Gasteiger partial charge in [0.1, 0.15) is 5.82 Å². The third-order valence-electron chi connectivity index (χ3n) is 4.97. The van der Waals surface area contributed by atoms with E-state index in [1.54, 1.807) is 24.3 Å². The molecule has 1 heterocycles. The van der Waals surface area contributed by atoms with E-state index in [1.165, 1.54) is 24.3 Å². The molecule has 3 aromatic carbocycles. The highest BCUT2D eigenvalue weighted by atomic mass is 19.1. The number of rotatable bonds is 7. The SMILES string of the molecule is O=C(CCc1c[nH]c2ccccc12)O[C@H](C(=O)Nc1ccc(F)cc1)c1ccccc1. The number of aryl methyl sites for hydroxylation is 1. The van der Waals surface area contributed by atoms with Crippen LogP contribution in [0.2, 0.25) is 0 Å². The minimum absolute atomic E-state index is 0.134. The normalized spacial score (nSPS) is 11.8. The molecule has 5 nitrogen and oxygen atoms in total. The van der Waals surface area contributed by atoms with E-state index in [1.807, 2.05) is 36.5 Å². The molecule has 1 aromatic heterocycles. The molecule has 156 valence electrons. The monoisotopic (exact) mass is 416 g/mol. The number of aromatic amines is 1. The zero-order valence-corrected chi connectivity index (χ0v) is 16.7. The van der Waals surface area contributed by atoms with Crippen molar-refractivity contribution in [3.63, 3.8) is 0 Å². The number of carbonyl (C=O) groups is 2. The predicted molar refractivity (Wildman–Crippen MR) is 117 cm³/mol. The van der Waals surface area contributed by atoms with Crippen LogP contribution in [0.3, 0.4) is 0 Å². The molecule has 0 radical (unpaired) electrons. The van der Waals surface area contributed by atoms with E-state index in [4.69, 9.17) is 4.74 Å². The van der Waals surface area contributed by atoms with E-state index in [-0.39, 0.29) is 6.42 Å². The van der Waals surface area contributed by atoms with E-state index in [0.29, 0.717) is 17.7 Å². The molecule has 6 heteroatoms. The molecule has 0 unspecified atom stereocenters. The second kappa shape index (κ2) is 9.26. The van der Waals surface area contributed by atoms with Crippen molar-refractivity contribution in [2.75, 3.05) is 5.32 Å². The summed E-state index contributed by atoms with van der Waals surface area (Å²) in [6.07, 6.45) is 1.40. The van der Waals surface area contributed by atoms with E-state index >= 15 is 0 Å². The van der Waals surface area contributed by atoms with Crippen molar-refractivity contribution >= 4 is 28.5 Å². The summed E-state index contributed by atoms with van der Waals surface area (Å²) < 4.78 is 18.7. The molecule has 4 rings (SSSR count). The molecule has 0 aliphatic heterocycles. The zero-order chi connectivity index (χ0) is 21.6. The minimum atomic E-state index is -1.11. The standard InChI is InChI=1S/C25H21FN2O3/c26-19-11-13-20(14-12-19)28-25(30)24(17-6-2-1-3-7-17)31-23(29)15-10-18-16-27-22-9-5-4-8-21(18)22/h1-9,11-14,16,24,27H,10,15H2,(H,28,30)/t24-/m0/s1. The van der Waals surface area contributed by atoms with Crippen molar-refractivity contribution in [3.05, 3.63) is 102 Å². The smallest absolute Gasteiger partial charge is 0.307 e. The Labute approximate surface area is 178 Å². The molecule has 0 saturated carbocycles. The fraction of sp³-hybridized carbons (Fsp3) is 0.120. The highest BCUT2D eigenvalue weighted by molar-refractivity contribution is 5.96. The molecule has 1 atom stereocenters. The van der Waals surface area contributed by atoms with Crippen LogP contribution in [0, 0.1) is 5.82 Å². The van der Waals surface area contributed by atoms with Gasteiger partial charge in [0, 0.05) is 34.8 Å². The molecule has 0 spiro atoms. The third-order valence-corrected chi connectivity index (χ3v) is 4.97. The Kier molecular flexibility index (Phi) is 6.08. The van der Waals surface area contributed by atoms with Crippen molar-refractivity contribution in [2.45, 2.75) is 18.9 Å². The van der Waals surface area contributed by atoms with Gasteiger partial charge in [-0.1, -0.05) is 48.5 Å². The molecule has 1 amide bonds. The quantitative estimate of drug-likeness (QED) is 0.409. The molecule has 0 aliphatic carbocycles. The van der Waals surface area contributed by atoms with Crippen molar-refractivity contribution in [2.24, 2.45) is 0 Å². The van der Waals surface area contributed by atoms with E-state index in [2.05, 4.69) is 10.3 Å². The number of hydrogen-bond donors (Lipinski definition) is 2. The topological polar surface area (TPSA) is 71.2 Å². The van der Waals surface area contributed by atoms with E-state index in [0.717, 1.165) is 16.5 Å². The summed E-state index contributed by atoms with van der Waals surface area (Å²) in [6.45, 7) is 0. The van der Waals surface area contributed by atoms with E-state index < -0.39 is 23.8 Å². The van der Waals surface area contributed by atoms with Gasteiger partial charge in [-0.25, -0.2) is 4.39 Å². The summed E-state index contributed by atoms with van der Waals surface area (Å²) in [7, 11) is 0. The number of esters is 1. The Morgan fingerprint density at radius 2 is 1.65 bits per heavy atom. The van der Waals surface area contributed by atoms with Gasteiger partial charge < -0.3 is 15.0 Å². The van der Waals surface area contributed by atoms with Gasteiger partial charge in [-0.05, 0) is 42.3 Å². The lowest BCUT2D eigenvalue weighted by molar-refractivity contribution is -0.154. The van der Waals surface area contributed by atoms with Crippen LogP contribution in [0.5, 0.6) is 0 Å². The van der Waals surface area contributed by atoms with Crippen LogP contribution in [-0.4, -0.2) is 16.9 Å². The van der Waals surface area contributed by atoms with Crippen LogP contribution < -0.4 is 5.32 Å². The first kappa shape index (κ1) is 20.3.